The van der Waals surface area contributed by atoms with Crippen molar-refractivity contribution in [1.29, 1.82) is 0 Å². The van der Waals surface area contributed by atoms with Crippen molar-refractivity contribution in [2.45, 2.75) is 90.2 Å². The monoisotopic (exact) mass is 417 g/mol. The summed E-state index contributed by atoms with van der Waals surface area (Å²) in [7, 11) is 0. The van der Waals surface area contributed by atoms with Gasteiger partial charge in [0.2, 0.25) is 5.91 Å². The summed E-state index contributed by atoms with van der Waals surface area (Å²) in [5.41, 5.74) is 0. The van der Waals surface area contributed by atoms with Gasteiger partial charge in [-0.25, -0.2) is 0 Å². The number of aliphatic hydroxyl groups is 2. The normalized spacial score (nSPS) is 14.7. The predicted molar refractivity (Wildman–Crippen MR) is 128 cm³/mol. The van der Waals surface area contributed by atoms with E-state index in [2.05, 4.69) is 67.8 Å². The van der Waals surface area contributed by atoms with Gasteiger partial charge in [0.25, 0.3) is 0 Å². The van der Waals surface area contributed by atoms with E-state index in [9.17, 15) is 15.0 Å². The highest BCUT2D eigenvalue weighted by Gasteiger charge is 2.19. The molecule has 0 bridgehead atoms. The van der Waals surface area contributed by atoms with Gasteiger partial charge in [-0.05, 0) is 38.5 Å². The Kier molecular flexibility index (Phi) is 20.4. The number of rotatable bonds is 18. The molecule has 0 spiro atoms. The highest BCUT2D eigenvalue weighted by Crippen LogP contribution is 2.07. The molecule has 0 aliphatic heterocycles. The first-order chi connectivity index (χ1) is 14.7. The van der Waals surface area contributed by atoms with E-state index in [0.29, 0.717) is 6.42 Å². The molecular weight excluding hydrogens is 374 g/mol. The van der Waals surface area contributed by atoms with Crippen LogP contribution in [0.25, 0.3) is 0 Å². The van der Waals surface area contributed by atoms with Gasteiger partial charge in [-0.1, -0.05) is 93.9 Å². The molecule has 0 saturated heterocycles. The number of hydrogen-bond acceptors (Lipinski definition) is 3. The molecule has 0 aromatic rings. The van der Waals surface area contributed by atoms with Crippen molar-refractivity contribution in [2.75, 3.05) is 6.61 Å². The largest absolute Gasteiger partial charge is 0.394 e. The third kappa shape index (κ3) is 18.1. The molecule has 0 heterocycles. The van der Waals surface area contributed by atoms with Crippen molar-refractivity contribution in [2.24, 2.45) is 0 Å². The molecular formula is C26H43NO3. The van der Waals surface area contributed by atoms with E-state index in [4.69, 9.17) is 0 Å². The number of amides is 1. The molecule has 0 aromatic heterocycles. The van der Waals surface area contributed by atoms with Crippen LogP contribution in [0.2, 0.25) is 0 Å². The molecule has 3 N–H and O–H groups in total. The van der Waals surface area contributed by atoms with Crippen molar-refractivity contribution in [3.8, 4) is 0 Å². The van der Waals surface area contributed by atoms with Crippen LogP contribution >= 0.6 is 0 Å². The number of carbonyl (C=O) groups excluding carboxylic acids is 1. The first-order valence-corrected chi connectivity index (χ1v) is 11.5. The minimum absolute atomic E-state index is 0.176. The van der Waals surface area contributed by atoms with Gasteiger partial charge in [0.1, 0.15) is 0 Å². The summed E-state index contributed by atoms with van der Waals surface area (Å²) in [5.74, 6) is -0.176. The van der Waals surface area contributed by atoms with Gasteiger partial charge in [-0.3, -0.25) is 4.79 Å². The fraction of sp³-hybridized carbons (Fsp3) is 0.577. The van der Waals surface area contributed by atoms with Gasteiger partial charge >= 0.3 is 0 Å². The number of allylic oxidation sites excluding steroid dienone is 9. The quantitative estimate of drug-likeness (QED) is 0.202. The lowest BCUT2D eigenvalue weighted by Gasteiger charge is -2.22. The fourth-order valence-electron chi connectivity index (χ4n) is 2.77. The van der Waals surface area contributed by atoms with E-state index in [-0.39, 0.29) is 18.9 Å². The molecule has 0 saturated carbocycles. The Morgan fingerprint density at radius 1 is 0.800 bits per heavy atom. The van der Waals surface area contributed by atoms with Gasteiger partial charge in [-0.15, -0.1) is 0 Å². The Labute approximate surface area is 184 Å². The second-order valence-corrected chi connectivity index (χ2v) is 7.33. The highest BCUT2D eigenvalue weighted by atomic mass is 16.3. The maximum atomic E-state index is 12.0. The molecule has 2 atom stereocenters. The lowest BCUT2D eigenvalue weighted by Crippen LogP contribution is -2.45. The van der Waals surface area contributed by atoms with E-state index in [0.717, 1.165) is 51.4 Å². The lowest BCUT2D eigenvalue weighted by molar-refractivity contribution is -0.122. The Bertz CT molecular complexity index is 546. The predicted octanol–water partition coefficient (Wildman–Crippen LogP) is 5.55. The van der Waals surface area contributed by atoms with E-state index < -0.39 is 12.1 Å². The summed E-state index contributed by atoms with van der Waals surface area (Å²) in [6, 6.07) is -0.586. The van der Waals surface area contributed by atoms with Crippen LogP contribution in [0.1, 0.15) is 78.1 Å². The van der Waals surface area contributed by atoms with Gasteiger partial charge in [0.05, 0.1) is 18.8 Å². The van der Waals surface area contributed by atoms with E-state index in [1.54, 1.807) is 0 Å². The SMILES string of the molecule is CC/C=C\C/C=C\C/C=C\C/C=C\C/C=C\CC(=O)NC(CO)C(O)CCCCC. The number of nitrogens with one attached hydrogen (secondary N) is 1. The zero-order valence-electron chi connectivity index (χ0n) is 19.0. The molecule has 0 aliphatic carbocycles. The van der Waals surface area contributed by atoms with E-state index in [1.165, 1.54) is 0 Å². The van der Waals surface area contributed by atoms with Gasteiger partial charge in [0, 0.05) is 6.42 Å². The Morgan fingerprint density at radius 2 is 1.30 bits per heavy atom. The molecule has 1 amide bonds. The first kappa shape index (κ1) is 28.1. The number of carbonyl (C=O) groups is 1. The van der Waals surface area contributed by atoms with Gasteiger partial charge in [0.15, 0.2) is 0 Å². The van der Waals surface area contributed by atoms with Crippen LogP contribution in [0.3, 0.4) is 0 Å². The summed E-state index contributed by atoms with van der Waals surface area (Å²) in [6.07, 6.45) is 29.0. The maximum absolute atomic E-state index is 12.0. The lowest BCUT2D eigenvalue weighted by atomic mass is 10.0. The summed E-state index contributed by atoms with van der Waals surface area (Å²) in [5, 5.41) is 22.2. The van der Waals surface area contributed by atoms with Crippen molar-refractivity contribution in [3.05, 3.63) is 60.8 Å². The third-order valence-corrected chi connectivity index (χ3v) is 4.57. The van der Waals surface area contributed by atoms with Gasteiger partial charge < -0.3 is 15.5 Å². The molecule has 4 heteroatoms. The molecule has 170 valence electrons. The Balaban J connectivity index is 3.88. The molecule has 0 radical (unpaired) electrons. The maximum Gasteiger partial charge on any atom is 0.224 e. The molecule has 2 unspecified atom stereocenters. The fourth-order valence-corrected chi connectivity index (χ4v) is 2.77. The van der Waals surface area contributed by atoms with Crippen LogP contribution < -0.4 is 5.32 Å². The molecule has 0 aliphatic rings. The second kappa shape index (κ2) is 21.8. The summed E-state index contributed by atoms with van der Waals surface area (Å²) in [4.78, 5) is 12.0. The zero-order valence-corrected chi connectivity index (χ0v) is 19.0. The smallest absolute Gasteiger partial charge is 0.224 e. The van der Waals surface area contributed by atoms with Crippen molar-refractivity contribution < 1.29 is 15.0 Å². The third-order valence-electron chi connectivity index (χ3n) is 4.57. The second-order valence-electron chi connectivity index (χ2n) is 7.33. The molecule has 0 aromatic carbocycles. The van der Waals surface area contributed by atoms with Crippen LogP contribution in [0, 0.1) is 0 Å². The average molecular weight is 418 g/mol. The van der Waals surface area contributed by atoms with Crippen LogP contribution in [-0.4, -0.2) is 34.9 Å². The first-order valence-electron chi connectivity index (χ1n) is 11.5. The molecule has 0 rings (SSSR count). The topological polar surface area (TPSA) is 69.6 Å². The van der Waals surface area contributed by atoms with Crippen LogP contribution in [0.5, 0.6) is 0 Å². The standard InChI is InChI=1S/C26H43NO3/c1-3-5-7-8-9-10-11-12-13-14-15-16-17-18-20-22-26(30)27-24(23-28)25(29)21-19-6-4-2/h5,7,9-10,12-13,15-16,18,20,24-25,28-29H,3-4,6,8,11,14,17,19,21-23H2,1-2H3,(H,27,30)/b7-5-,10-9-,13-12-,16-15-,20-18-. The van der Waals surface area contributed by atoms with Crippen molar-refractivity contribution in [1.82, 2.24) is 5.32 Å². The van der Waals surface area contributed by atoms with Crippen molar-refractivity contribution in [3.63, 3.8) is 0 Å². The molecule has 30 heavy (non-hydrogen) atoms. The average Bonchev–Trinajstić information content (AvgIpc) is 2.74. The van der Waals surface area contributed by atoms with Crippen molar-refractivity contribution >= 4 is 5.91 Å². The Hall–Kier alpha value is -1.91. The van der Waals surface area contributed by atoms with Crippen LogP contribution in [0.4, 0.5) is 0 Å². The Morgan fingerprint density at radius 3 is 1.77 bits per heavy atom. The van der Waals surface area contributed by atoms with E-state index in [1.807, 2.05) is 12.2 Å². The summed E-state index contributed by atoms with van der Waals surface area (Å²) >= 11 is 0. The summed E-state index contributed by atoms with van der Waals surface area (Å²) < 4.78 is 0. The molecule has 4 nitrogen and oxygen atoms in total. The number of aliphatic hydroxyl groups excluding tert-OH is 2. The van der Waals surface area contributed by atoms with Crippen LogP contribution in [-0.2, 0) is 4.79 Å². The number of unbranched alkanes of at least 4 members (excludes halogenated alkanes) is 2. The minimum Gasteiger partial charge on any atom is -0.394 e. The number of hydrogen-bond donors (Lipinski definition) is 3. The minimum atomic E-state index is -0.696. The summed E-state index contributed by atoms with van der Waals surface area (Å²) in [6.45, 7) is 3.99. The highest BCUT2D eigenvalue weighted by molar-refractivity contribution is 5.77. The molecule has 0 fully saturated rings. The van der Waals surface area contributed by atoms with Gasteiger partial charge in [-0.2, -0.15) is 0 Å². The van der Waals surface area contributed by atoms with Crippen LogP contribution in [0.15, 0.2) is 60.8 Å². The van der Waals surface area contributed by atoms with E-state index >= 15 is 0 Å². The zero-order chi connectivity index (χ0) is 22.3.